The van der Waals surface area contributed by atoms with E-state index in [0.29, 0.717) is 0 Å². The highest BCUT2D eigenvalue weighted by Crippen LogP contribution is 2.50. The van der Waals surface area contributed by atoms with E-state index in [1.807, 2.05) is 0 Å². The van der Waals surface area contributed by atoms with Crippen LogP contribution in [0.3, 0.4) is 0 Å². The van der Waals surface area contributed by atoms with Crippen molar-refractivity contribution < 1.29 is 31.1 Å². The van der Waals surface area contributed by atoms with E-state index in [-0.39, 0.29) is 11.8 Å². The van der Waals surface area contributed by atoms with Gasteiger partial charge in [0.2, 0.25) is 11.3 Å². The van der Waals surface area contributed by atoms with E-state index in [2.05, 4.69) is 0 Å². The lowest BCUT2D eigenvalue weighted by Gasteiger charge is -2.34. The lowest BCUT2D eigenvalue weighted by Crippen LogP contribution is -2.57. The van der Waals surface area contributed by atoms with Gasteiger partial charge in [0.15, 0.2) is 0 Å². The summed E-state index contributed by atoms with van der Waals surface area (Å²) in [5.41, 5.74) is -4.36. The van der Waals surface area contributed by atoms with Gasteiger partial charge in [-0.3, -0.25) is 4.79 Å². The number of halogens is 6. The molecule has 0 aliphatic carbocycles. The molecule has 1 amide bonds. The van der Waals surface area contributed by atoms with Gasteiger partial charge in [-0.05, 0) is 6.92 Å². The summed E-state index contributed by atoms with van der Waals surface area (Å²) < 4.78 is 73.5. The molecule has 0 unspecified atom stereocenters. The molecule has 0 heterocycles. The highest BCUT2D eigenvalue weighted by Gasteiger charge is 2.72. The third-order valence-electron chi connectivity index (χ3n) is 1.97. The molecule has 0 aromatic rings. The molecule has 0 aromatic heterocycles. The first-order valence-electron chi connectivity index (χ1n) is 3.71. The fraction of sp³-hybridized carbons (Fsp3) is 0.857. The van der Waals surface area contributed by atoms with E-state index >= 15 is 0 Å². The van der Waals surface area contributed by atoms with Crippen LogP contribution in [0.1, 0.15) is 6.92 Å². The van der Waals surface area contributed by atoms with E-state index in [1.54, 1.807) is 0 Å². The number of rotatable bonds is 1. The number of alkyl halides is 6. The first-order chi connectivity index (χ1) is 6.35. The number of hydrogen-bond donors (Lipinski definition) is 0. The molecule has 15 heavy (non-hydrogen) atoms. The molecule has 2 nitrogen and oxygen atoms in total. The molecule has 0 N–H and O–H groups in total. The number of amides is 1. The smallest absolute Gasteiger partial charge is 0.348 e. The Kier molecular flexibility index (Phi) is 3.34. The van der Waals surface area contributed by atoms with Crippen molar-refractivity contribution in [2.75, 3.05) is 14.1 Å². The maximum atomic E-state index is 12.2. The van der Waals surface area contributed by atoms with Crippen molar-refractivity contribution in [3.05, 3.63) is 0 Å². The molecule has 0 aromatic carbocycles. The molecule has 0 atom stereocenters. The quantitative estimate of drug-likeness (QED) is 0.640. The van der Waals surface area contributed by atoms with Crippen molar-refractivity contribution in [1.82, 2.24) is 4.90 Å². The fourth-order valence-electron chi connectivity index (χ4n) is 0.850. The molecule has 90 valence electrons. The standard InChI is InChI=1S/C7H9F6NO/c1-5(6(8,9)10,7(11,12)13)4(15)14(2)3/h1-3H3. The predicted octanol–water partition coefficient (Wildman–Crippen LogP) is 2.21. The molecule has 0 radical (unpaired) electrons. The summed E-state index contributed by atoms with van der Waals surface area (Å²) in [7, 11) is 1.66. The molecular weight excluding hydrogens is 228 g/mol. The highest BCUT2D eigenvalue weighted by atomic mass is 19.4. The number of carbonyl (C=O) groups excluding carboxylic acids is 1. The highest BCUT2D eigenvalue weighted by molar-refractivity contribution is 5.83. The molecule has 0 saturated heterocycles. The van der Waals surface area contributed by atoms with Crippen LogP contribution < -0.4 is 0 Å². The van der Waals surface area contributed by atoms with Crippen molar-refractivity contribution >= 4 is 5.91 Å². The minimum atomic E-state index is -5.67. The summed E-state index contributed by atoms with van der Waals surface area (Å²) in [6.07, 6.45) is -11.3. The second-order valence-corrected chi connectivity index (χ2v) is 3.32. The minimum absolute atomic E-state index is 0.171. The SMILES string of the molecule is CN(C)C(=O)C(C)(C(F)(F)F)C(F)(F)F. The average molecular weight is 237 g/mol. The van der Waals surface area contributed by atoms with E-state index in [9.17, 15) is 31.1 Å². The molecule has 0 aliphatic heterocycles. The number of nitrogens with zero attached hydrogens (tertiary/aromatic N) is 1. The zero-order chi connectivity index (χ0) is 12.7. The third kappa shape index (κ3) is 2.18. The van der Waals surface area contributed by atoms with E-state index in [0.717, 1.165) is 14.1 Å². The van der Waals surface area contributed by atoms with Crippen molar-refractivity contribution in [3.8, 4) is 0 Å². The van der Waals surface area contributed by atoms with Gasteiger partial charge in [0.05, 0.1) is 0 Å². The van der Waals surface area contributed by atoms with Gasteiger partial charge in [-0.1, -0.05) is 0 Å². The number of carbonyl (C=O) groups is 1. The lowest BCUT2D eigenvalue weighted by molar-refractivity contribution is -0.321. The Balaban J connectivity index is 5.54. The van der Waals surface area contributed by atoms with Crippen LogP contribution in [-0.2, 0) is 4.79 Å². The van der Waals surface area contributed by atoms with Crippen LogP contribution in [-0.4, -0.2) is 37.3 Å². The molecule has 0 saturated carbocycles. The van der Waals surface area contributed by atoms with Gasteiger partial charge in [-0.2, -0.15) is 26.3 Å². The van der Waals surface area contributed by atoms with Crippen LogP contribution in [0.25, 0.3) is 0 Å². The Morgan fingerprint density at radius 1 is 0.933 bits per heavy atom. The summed E-state index contributed by atoms with van der Waals surface area (Å²) >= 11 is 0. The summed E-state index contributed by atoms with van der Waals surface area (Å²) in [6.45, 7) is -0.171. The van der Waals surface area contributed by atoms with Crippen molar-refractivity contribution in [3.63, 3.8) is 0 Å². The van der Waals surface area contributed by atoms with Gasteiger partial charge in [0.1, 0.15) is 0 Å². The number of hydrogen-bond acceptors (Lipinski definition) is 1. The summed E-state index contributed by atoms with van der Waals surface area (Å²) in [5.74, 6) is -2.04. The van der Waals surface area contributed by atoms with Crippen LogP contribution in [0.2, 0.25) is 0 Å². The minimum Gasteiger partial charge on any atom is -0.348 e. The van der Waals surface area contributed by atoms with E-state index in [1.165, 1.54) is 0 Å². The van der Waals surface area contributed by atoms with Crippen LogP contribution in [0.4, 0.5) is 26.3 Å². The fourth-order valence-corrected chi connectivity index (χ4v) is 0.850. The predicted molar refractivity (Wildman–Crippen MR) is 38.9 cm³/mol. The summed E-state index contributed by atoms with van der Waals surface area (Å²) in [4.78, 5) is 11.2. The lowest BCUT2D eigenvalue weighted by atomic mass is 9.87. The van der Waals surface area contributed by atoms with E-state index in [4.69, 9.17) is 0 Å². The Morgan fingerprint density at radius 2 is 1.20 bits per heavy atom. The monoisotopic (exact) mass is 237 g/mol. The van der Waals surface area contributed by atoms with Crippen molar-refractivity contribution in [1.29, 1.82) is 0 Å². The first kappa shape index (κ1) is 14.0. The molecular formula is C7H9F6NO. The third-order valence-corrected chi connectivity index (χ3v) is 1.97. The Labute approximate surface area is 81.8 Å². The normalized spacial score (nSPS) is 13.9. The van der Waals surface area contributed by atoms with Crippen LogP contribution in [0.5, 0.6) is 0 Å². The molecule has 0 bridgehead atoms. The second kappa shape index (κ2) is 3.57. The second-order valence-electron chi connectivity index (χ2n) is 3.32. The maximum Gasteiger partial charge on any atom is 0.411 e. The van der Waals surface area contributed by atoms with Crippen LogP contribution >= 0.6 is 0 Å². The Morgan fingerprint density at radius 3 is 1.27 bits per heavy atom. The average Bonchev–Trinajstić information content (AvgIpc) is 1.96. The van der Waals surface area contributed by atoms with Gasteiger partial charge in [-0.15, -0.1) is 0 Å². The topological polar surface area (TPSA) is 20.3 Å². The van der Waals surface area contributed by atoms with Gasteiger partial charge in [-0.25, -0.2) is 0 Å². The van der Waals surface area contributed by atoms with E-state index < -0.39 is 23.7 Å². The zero-order valence-corrected chi connectivity index (χ0v) is 8.12. The summed E-state index contributed by atoms with van der Waals surface area (Å²) in [5, 5.41) is 0. The van der Waals surface area contributed by atoms with Crippen LogP contribution in [0.15, 0.2) is 0 Å². The van der Waals surface area contributed by atoms with Gasteiger partial charge in [0, 0.05) is 14.1 Å². The molecule has 0 spiro atoms. The van der Waals surface area contributed by atoms with Gasteiger partial charge in [0.25, 0.3) is 0 Å². The molecule has 0 aliphatic rings. The maximum absolute atomic E-state index is 12.2. The van der Waals surface area contributed by atoms with Crippen molar-refractivity contribution in [2.45, 2.75) is 19.3 Å². The zero-order valence-electron chi connectivity index (χ0n) is 8.12. The van der Waals surface area contributed by atoms with Crippen molar-refractivity contribution in [2.24, 2.45) is 5.41 Å². The molecule has 0 fully saturated rings. The van der Waals surface area contributed by atoms with Gasteiger partial charge >= 0.3 is 12.4 Å². The Bertz CT molecular complexity index is 239. The van der Waals surface area contributed by atoms with Gasteiger partial charge < -0.3 is 4.90 Å². The van der Waals surface area contributed by atoms with Crippen LogP contribution in [0, 0.1) is 5.41 Å². The Hall–Kier alpha value is -0.950. The summed E-state index contributed by atoms with van der Waals surface area (Å²) in [6, 6.07) is 0. The molecule has 0 rings (SSSR count). The largest absolute Gasteiger partial charge is 0.411 e. The first-order valence-corrected chi connectivity index (χ1v) is 3.71. The molecule has 8 heteroatoms.